The topological polar surface area (TPSA) is 69.6 Å². The average Bonchev–Trinajstić information content (AvgIpc) is 2.47. The fourth-order valence-electron chi connectivity index (χ4n) is 1.67. The molecule has 1 aliphatic heterocycles. The first kappa shape index (κ1) is 10.5. The molecule has 1 fully saturated rings. The summed E-state index contributed by atoms with van der Waals surface area (Å²) < 4.78 is 0. The number of carbonyl (C=O) groups is 1. The fraction of sp³-hybridized carbons (Fsp3) is 0.889. The summed E-state index contributed by atoms with van der Waals surface area (Å²) in [4.78, 5) is 10.2. The Balaban J connectivity index is 2.07. The van der Waals surface area contributed by atoms with E-state index in [-0.39, 0.29) is 6.42 Å². The van der Waals surface area contributed by atoms with Crippen molar-refractivity contribution in [3.8, 4) is 0 Å². The number of nitrogens with one attached hydrogen (secondary N) is 1. The molecule has 1 aliphatic rings. The van der Waals surface area contributed by atoms with Gasteiger partial charge in [0.25, 0.3) is 0 Å². The van der Waals surface area contributed by atoms with Crippen LogP contribution in [-0.2, 0) is 4.79 Å². The molecule has 0 radical (unpaired) electrons. The molecule has 1 atom stereocenters. The Labute approximate surface area is 78.0 Å². The van der Waals surface area contributed by atoms with Gasteiger partial charge in [-0.25, -0.2) is 0 Å². The molecule has 0 bridgehead atoms. The maximum atomic E-state index is 10.2. The Morgan fingerprint density at radius 1 is 1.46 bits per heavy atom. The normalized spacial score (nSPS) is 27.8. The van der Waals surface area contributed by atoms with Crippen LogP contribution in [0.2, 0.25) is 0 Å². The molecule has 0 aromatic rings. The van der Waals surface area contributed by atoms with Crippen molar-refractivity contribution in [3.05, 3.63) is 0 Å². The van der Waals surface area contributed by atoms with Crippen molar-refractivity contribution in [2.45, 2.75) is 37.7 Å². The highest BCUT2D eigenvalue weighted by atomic mass is 16.4. The van der Waals surface area contributed by atoms with E-state index in [9.17, 15) is 9.90 Å². The lowest BCUT2D eigenvalue weighted by atomic mass is 9.95. The average molecular weight is 187 g/mol. The molecule has 1 rings (SSSR count). The monoisotopic (exact) mass is 187 g/mol. The second-order valence-corrected chi connectivity index (χ2v) is 3.75. The Morgan fingerprint density at radius 3 is 2.77 bits per heavy atom. The quantitative estimate of drug-likeness (QED) is 0.543. The summed E-state index contributed by atoms with van der Waals surface area (Å²) in [5.41, 5.74) is -0.571. The first-order valence-electron chi connectivity index (χ1n) is 4.77. The zero-order valence-electron chi connectivity index (χ0n) is 7.75. The Hall–Kier alpha value is -0.610. The van der Waals surface area contributed by atoms with E-state index in [1.165, 1.54) is 0 Å². The van der Waals surface area contributed by atoms with E-state index in [0.29, 0.717) is 19.4 Å². The first-order chi connectivity index (χ1) is 6.12. The number of hydrogen-bond donors (Lipinski definition) is 3. The molecule has 0 aromatic heterocycles. The summed E-state index contributed by atoms with van der Waals surface area (Å²) >= 11 is 0. The van der Waals surface area contributed by atoms with Gasteiger partial charge in [0.05, 0.1) is 5.60 Å². The molecular weight excluding hydrogens is 170 g/mol. The minimum Gasteiger partial charge on any atom is -0.481 e. The van der Waals surface area contributed by atoms with Crippen LogP contribution in [0.5, 0.6) is 0 Å². The van der Waals surface area contributed by atoms with Crippen LogP contribution < -0.4 is 5.32 Å². The lowest BCUT2D eigenvalue weighted by molar-refractivity contribution is -0.137. The van der Waals surface area contributed by atoms with Crippen molar-refractivity contribution >= 4 is 5.97 Å². The summed E-state index contributed by atoms with van der Waals surface area (Å²) in [7, 11) is 0. The molecular formula is C9H17NO3. The molecule has 0 spiro atoms. The van der Waals surface area contributed by atoms with Gasteiger partial charge >= 0.3 is 5.97 Å². The van der Waals surface area contributed by atoms with Crippen LogP contribution in [0.25, 0.3) is 0 Å². The molecule has 4 heteroatoms. The van der Waals surface area contributed by atoms with Gasteiger partial charge in [0.15, 0.2) is 0 Å². The molecule has 0 aromatic carbocycles. The third-order valence-electron chi connectivity index (χ3n) is 2.50. The van der Waals surface area contributed by atoms with Crippen LogP contribution in [0.1, 0.15) is 32.1 Å². The second kappa shape index (κ2) is 4.58. The zero-order chi connectivity index (χ0) is 9.73. The van der Waals surface area contributed by atoms with Crippen LogP contribution >= 0.6 is 0 Å². The zero-order valence-corrected chi connectivity index (χ0v) is 7.75. The summed E-state index contributed by atoms with van der Waals surface area (Å²) in [5.74, 6) is -0.753. The van der Waals surface area contributed by atoms with Gasteiger partial charge in [-0.2, -0.15) is 0 Å². The highest BCUT2D eigenvalue weighted by Gasteiger charge is 2.29. The van der Waals surface area contributed by atoms with E-state index in [2.05, 4.69) is 5.32 Å². The van der Waals surface area contributed by atoms with Gasteiger partial charge in [-0.3, -0.25) is 4.79 Å². The standard InChI is InChI=1S/C9H17NO3/c11-8(12)3-1-2-4-9(13)5-6-10-7-9/h10,13H,1-7H2,(H,11,12). The van der Waals surface area contributed by atoms with Crippen LogP contribution in [-0.4, -0.2) is 34.9 Å². The summed E-state index contributed by atoms with van der Waals surface area (Å²) in [5, 5.41) is 21.3. The Kier molecular flexibility index (Phi) is 3.69. The molecule has 0 aliphatic carbocycles. The number of rotatable bonds is 5. The third-order valence-corrected chi connectivity index (χ3v) is 2.50. The maximum absolute atomic E-state index is 10.2. The van der Waals surface area contributed by atoms with Crippen LogP contribution in [0.3, 0.4) is 0 Å². The number of aliphatic hydroxyl groups is 1. The van der Waals surface area contributed by atoms with E-state index in [0.717, 1.165) is 19.4 Å². The minimum atomic E-state index is -0.753. The van der Waals surface area contributed by atoms with Gasteiger partial charge in [-0.1, -0.05) is 0 Å². The van der Waals surface area contributed by atoms with E-state index < -0.39 is 11.6 Å². The number of hydrogen-bond acceptors (Lipinski definition) is 3. The predicted octanol–water partition coefficient (Wildman–Crippen LogP) is 0.356. The van der Waals surface area contributed by atoms with Gasteiger partial charge < -0.3 is 15.5 Å². The van der Waals surface area contributed by atoms with Crippen molar-refractivity contribution in [1.29, 1.82) is 0 Å². The lowest BCUT2D eigenvalue weighted by Gasteiger charge is -2.20. The molecule has 1 saturated heterocycles. The number of carboxylic acid groups (broad SMARTS) is 1. The van der Waals surface area contributed by atoms with Crippen LogP contribution in [0, 0.1) is 0 Å². The molecule has 1 unspecified atom stereocenters. The highest BCUT2D eigenvalue weighted by molar-refractivity contribution is 5.66. The van der Waals surface area contributed by atoms with Crippen molar-refractivity contribution in [3.63, 3.8) is 0 Å². The van der Waals surface area contributed by atoms with Crippen molar-refractivity contribution in [2.75, 3.05) is 13.1 Å². The third kappa shape index (κ3) is 3.74. The predicted molar refractivity (Wildman–Crippen MR) is 48.5 cm³/mol. The van der Waals surface area contributed by atoms with Crippen LogP contribution in [0.15, 0.2) is 0 Å². The summed E-state index contributed by atoms with van der Waals surface area (Å²) in [6, 6.07) is 0. The van der Waals surface area contributed by atoms with Gasteiger partial charge in [-0.05, 0) is 32.2 Å². The van der Waals surface area contributed by atoms with E-state index in [4.69, 9.17) is 5.11 Å². The molecule has 76 valence electrons. The number of aliphatic carboxylic acids is 1. The largest absolute Gasteiger partial charge is 0.481 e. The number of unbranched alkanes of at least 4 members (excludes halogenated alkanes) is 1. The van der Waals surface area contributed by atoms with Gasteiger partial charge in [0, 0.05) is 13.0 Å². The fourth-order valence-corrected chi connectivity index (χ4v) is 1.67. The number of β-amino-alcohol motifs (C(OH)–C–C–N with tert-alkyl or cyclic N) is 1. The SMILES string of the molecule is O=C(O)CCCCC1(O)CCNC1. The number of carboxylic acids is 1. The molecule has 0 saturated carbocycles. The Morgan fingerprint density at radius 2 is 2.23 bits per heavy atom. The van der Waals surface area contributed by atoms with Gasteiger partial charge in [0.2, 0.25) is 0 Å². The minimum absolute atomic E-state index is 0.212. The first-order valence-corrected chi connectivity index (χ1v) is 4.77. The van der Waals surface area contributed by atoms with Gasteiger partial charge in [0.1, 0.15) is 0 Å². The van der Waals surface area contributed by atoms with E-state index in [1.807, 2.05) is 0 Å². The Bertz CT molecular complexity index is 176. The lowest BCUT2D eigenvalue weighted by Crippen LogP contribution is -2.30. The molecule has 0 amide bonds. The molecule has 13 heavy (non-hydrogen) atoms. The summed E-state index contributed by atoms with van der Waals surface area (Å²) in [6.07, 6.45) is 3.18. The van der Waals surface area contributed by atoms with E-state index >= 15 is 0 Å². The van der Waals surface area contributed by atoms with Crippen molar-refractivity contribution in [2.24, 2.45) is 0 Å². The maximum Gasteiger partial charge on any atom is 0.303 e. The van der Waals surface area contributed by atoms with E-state index in [1.54, 1.807) is 0 Å². The van der Waals surface area contributed by atoms with Crippen molar-refractivity contribution < 1.29 is 15.0 Å². The second-order valence-electron chi connectivity index (χ2n) is 3.75. The smallest absolute Gasteiger partial charge is 0.303 e. The van der Waals surface area contributed by atoms with Gasteiger partial charge in [-0.15, -0.1) is 0 Å². The summed E-state index contributed by atoms with van der Waals surface area (Å²) in [6.45, 7) is 1.52. The molecule has 1 heterocycles. The molecule has 3 N–H and O–H groups in total. The molecule has 4 nitrogen and oxygen atoms in total. The van der Waals surface area contributed by atoms with Crippen LogP contribution in [0.4, 0.5) is 0 Å². The van der Waals surface area contributed by atoms with Crippen molar-refractivity contribution in [1.82, 2.24) is 5.32 Å². The highest BCUT2D eigenvalue weighted by Crippen LogP contribution is 2.21.